The van der Waals surface area contributed by atoms with Crippen LogP contribution in [0.4, 0.5) is 5.82 Å². The van der Waals surface area contributed by atoms with Crippen LogP contribution in [0.2, 0.25) is 0 Å². The number of carbonyl (C=O) groups is 3. The van der Waals surface area contributed by atoms with Crippen molar-refractivity contribution in [3.8, 4) is 0 Å². The molecule has 7 atom stereocenters. The second-order valence-corrected chi connectivity index (χ2v) is 17.9. The highest BCUT2D eigenvalue weighted by Crippen LogP contribution is 2.61. The highest BCUT2D eigenvalue weighted by Gasteiger charge is 2.50. The normalized spacial score (nSPS) is 21.7. The van der Waals surface area contributed by atoms with Crippen molar-refractivity contribution in [2.75, 3.05) is 37.8 Å². The van der Waals surface area contributed by atoms with Gasteiger partial charge in [0, 0.05) is 37.1 Å². The van der Waals surface area contributed by atoms with Gasteiger partial charge in [0.2, 0.25) is 11.8 Å². The van der Waals surface area contributed by atoms with E-state index in [0.717, 1.165) is 35.4 Å². The summed E-state index contributed by atoms with van der Waals surface area (Å²) < 4.78 is 62.0. The number of hydrogen-bond acceptors (Lipinski definition) is 18. The lowest BCUT2D eigenvalue weighted by Gasteiger charge is -2.30. The van der Waals surface area contributed by atoms with Gasteiger partial charge in [0.25, 0.3) is 0 Å². The van der Waals surface area contributed by atoms with Crippen LogP contribution in [0.5, 0.6) is 0 Å². The van der Waals surface area contributed by atoms with E-state index in [2.05, 4.69) is 41.0 Å². The van der Waals surface area contributed by atoms with Crippen LogP contribution in [0.25, 0.3) is 11.2 Å². The summed E-state index contributed by atoms with van der Waals surface area (Å²) in [4.78, 5) is 87.2. The Hall–Kier alpha value is -2.70. The standard InChI is InChI=1S/C27H44N7O17P3S/c1-4-5-6-7-18(36)55-11-10-29-17(35)8-9-30-25(39)22(38)27(2,3)13-48-54(45,46)51-53(43,44)47-12-16-21(50-52(40,41)42)20(37)26(49-16)34-15-33-19-23(28)31-14-32-24(19)34/h4,14-16,20-22,26,37-38H,1,5-13H2,2-3H3,(H,29,35)(H,30,39)(H,43,44)(H,45,46)(H2,28,31,32)(H2,40,41,42). The van der Waals surface area contributed by atoms with E-state index in [9.17, 15) is 57.9 Å². The van der Waals surface area contributed by atoms with Crippen molar-refractivity contribution in [2.24, 2.45) is 5.41 Å². The molecule has 3 heterocycles. The molecule has 0 radical (unpaired) electrons. The highest BCUT2D eigenvalue weighted by molar-refractivity contribution is 8.13. The molecule has 2 aromatic rings. The lowest BCUT2D eigenvalue weighted by atomic mass is 9.87. The van der Waals surface area contributed by atoms with E-state index in [1.54, 1.807) is 6.08 Å². The lowest BCUT2D eigenvalue weighted by molar-refractivity contribution is -0.137. The molecule has 0 spiro atoms. The molecule has 2 aromatic heterocycles. The van der Waals surface area contributed by atoms with Crippen molar-refractivity contribution < 1.29 is 80.5 Å². The molecule has 0 saturated carbocycles. The summed E-state index contributed by atoms with van der Waals surface area (Å²) in [7, 11) is -16.4. The molecule has 0 aromatic carbocycles. The van der Waals surface area contributed by atoms with Crippen LogP contribution in [-0.2, 0) is 50.7 Å². The predicted molar refractivity (Wildman–Crippen MR) is 191 cm³/mol. The first kappa shape index (κ1) is 46.7. The van der Waals surface area contributed by atoms with Crippen molar-refractivity contribution in [2.45, 2.75) is 70.2 Å². The second kappa shape index (κ2) is 20.1. The Morgan fingerprint density at radius 1 is 1.09 bits per heavy atom. The van der Waals surface area contributed by atoms with Crippen LogP contribution >= 0.6 is 35.2 Å². The number of nitrogen functional groups attached to an aromatic ring is 1. The molecular formula is C27H44N7O17P3S. The molecule has 7 unspecified atom stereocenters. The van der Waals surface area contributed by atoms with Crippen LogP contribution in [-0.4, -0.2) is 123 Å². The number of phosphoric ester groups is 3. The van der Waals surface area contributed by atoms with Gasteiger partial charge in [0.15, 0.2) is 22.8 Å². The maximum atomic E-state index is 12.7. The zero-order valence-corrected chi connectivity index (χ0v) is 33.0. The van der Waals surface area contributed by atoms with Crippen LogP contribution in [0.1, 0.15) is 45.8 Å². The number of aliphatic hydroxyl groups is 2. The van der Waals surface area contributed by atoms with E-state index in [0.29, 0.717) is 18.6 Å². The Balaban J connectivity index is 1.49. The summed E-state index contributed by atoms with van der Waals surface area (Å²) in [5.41, 5.74) is 4.26. The number of hydrogen-bond donors (Lipinski definition) is 9. The zero-order valence-electron chi connectivity index (χ0n) is 29.5. The summed E-state index contributed by atoms with van der Waals surface area (Å²) in [6, 6.07) is 0. The molecule has 0 aliphatic carbocycles. The first-order valence-corrected chi connectivity index (χ1v) is 21.7. The third-order valence-corrected chi connectivity index (χ3v) is 11.6. The average molecular weight is 864 g/mol. The number of aromatic nitrogens is 4. The fraction of sp³-hybridized carbons (Fsp3) is 0.630. The van der Waals surface area contributed by atoms with Gasteiger partial charge in [0.05, 0.1) is 19.5 Å². The number of fused-ring (bicyclic) bond motifs is 1. The monoisotopic (exact) mass is 863 g/mol. The molecule has 0 bridgehead atoms. The number of nitrogens with zero attached hydrogens (tertiary/aromatic N) is 4. The minimum atomic E-state index is -5.57. The number of anilines is 1. The number of unbranched alkanes of at least 4 members (excludes halogenated alkanes) is 1. The molecule has 55 heavy (non-hydrogen) atoms. The van der Waals surface area contributed by atoms with Crippen molar-refractivity contribution >= 4 is 69.1 Å². The minimum Gasteiger partial charge on any atom is -0.386 e. The maximum Gasteiger partial charge on any atom is 0.481 e. The fourth-order valence-electron chi connectivity index (χ4n) is 4.76. The van der Waals surface area contributed by atoms with Crippen molar-refractivity contribution in [3.63, 3.8) is 0 Å². The lowest BCUT2D eigenvalue weighted by Crippen LogP contribution is -2.46. The van der Waals surface area contributed by atoms with Crippen LogP contribution < -0.4 is 16.4 Å². The van der Waals surface area contributed by atoms with E-state index in [4.69, 9.17) is 19.5 Å². The molecule has 1 fully saturated rings. The number of nitrogens with two attached hydrogens (primary N) is 1. The van der Waals surface area contributed by atoms with Gasteiger partial charge >= 0.3 is 23.5 Å². The average Bonchev–Trinajstić information content (AvgIpc) is 3.64. The van der Waals surface area contributed by atoms with Crippen molar-refractivity contribution in [1.82, 2.24) is 30.2 Å². The Bertz CT molecular complexity index is 1810. The van der Waals surface area contributed by atoms with Gasteiger partial charge in [-0.1, -0.05) is 31.7 Å². The molecule has 1 aliphatic rings. The van der Waals surface area contributed by atoms with Gasteiger partial charge in [-0.2, -0.15) is 4.31 Å². The van der Waals surface area contributed by atoms with E-state index >= 15 is 0 Å². The zero-order chi connectivity index (χ0) is 41.2. The number of aliphatic hydroxyl groups excluding tert-OH is 2. The van der Waals surface area contributed by atoms with E-state index in [1.165, 1.54) is 13.8 Å². The summed E-state index contributed by atoms with van der Waals surface area (Å²) >= 11 is 1.09. The van der Waals surface area contributed by atoms with E-state index in [-0.39, 0.29) is 41.6 Å². The molecule has 310 valence electrons. The third kappa shape index (κ3) is 14.6. The molecule has 10 N–H and O–H groups in total. The van der Waals surface area contributed by atoms with Crippen LogP contribution in [0.3, 0.4) is 0 Å². The van der Waals surface area contributed by atoms with Crippen molar-refractivity contribution in [1.29, 1.82) is 0 Å². The Kier molecular flexibility index (Phi) is 17.1. The highest BCUT2D eigenvalue weighted by atomic mass is 32.2. The predicted octanol–water partition coefficient (Wildman–Crippen LogP) is 0.0210. The van der Waals surface area contributed by atoms with Crippen molar-refractivity contribution in [3.05, 3.63) is 25.3 Å². The second-order valence-electron chi connectivity index (χ2n) is 12.5. The number of rotatable bonds is 23. The third-order valence-electron chi connectivity index (χ3n) is 7.55. The number of ether oxygens (including phenoxy) is 1. The first-order chi connectivity index (χ1) is 25.6. The smallest absolute Gasteiger partial charge is 0.386 e. The molecule has 1 aliphatic heterocycles. The van der Waals surface area contributed by atoms with Gasteiger partial charge in [-0.05, 0) is 12.8 Å². The number of nitrogens with one attached hydrogen (secondary N) is 2. The van der Waals surface area contributed by atoms with Crippen LogP contribution in [0, 0.1) is 5.41 Å². The molecule has 3 rings (SSSR count). The van der Waals surface area contributed by atoms with Gasteiger partial charge in [-0.15, -0.1) is 6.58 Å². The minimum absolute atomic E-state index is 0.00645. The van der Waals surface area contributed by atoms with E-state index in [1.807, 2.05) is 0 Å². The summed E-state index contributed by atoms with van der Waals surface area (Å²) in [6.45, 7) is 4.09. The number of carbonyl (C=O) groups excluding carboxylic acids is 3. The Labute approximate surface area is 318 Å². The number of thioether (sulfide) groups is 1. The molecule has 2 amide bonds. The number of imidazole rings is 1. The molecular weight excluding hydrogens is 819 g/mol. The van der Waals surface area contributed by atoms with Crippen LogP contribution in [0.15, 0.2) is 25.3 Å². The number of allylic oxidation sites excluding steroid dienone is 1. The summed E-state index contributed by atoms with van der Waals surface area (Å²) in [6.07, 6.45) is -3.37. The first-order valence-electron chi connectivity index (χ1n) is 16.2. The molecule has 1 saturated heterocycles. The quantitative estimate of drug-likeness (QED) is 0.0404. The largest absolute Gasteiger partial charge is 0.481 e. The van der Waals surface area contributed by atoms with Gasteiger partial charge in [0.1, 0.15) is 36.3 Å². The summed E-state index contributed by atoms with van der Waals surface area (Å²) in [5.74, 6) is -1.09. The SMILES string of the molecule is C=CCCCC(=O)SCCNC(=O)CCNC(=O)C(O)C(C)(C)COP(=O)(O)OP(=O)(O)OCC1OC(n2cnc3c(N)ncnc32)C(O)C1OP(=O)(O)O. The number of phosphoric acid groups is 3. The summed E-state index contributed by atoms with van der Waals surface area (Å²) in [5, 5.41) is 26.3. The number of amides is 2. The van der Waals surface area contributed by atoms with Gasteiger partial charge < -0.3 is 50.9 Å². The Morgan fingerprint density at radius 3 is 2.45 bits per heavy atom. The Morgan fingerprint density at radius 2 is 1.78 bits per heavy atom. The topological polar surface area (TPSA) is 364 Å². The van der Waals surface area contributed by atoms with E-state index < -0.39 is 84.6 Å². The van der Waals surface area contributed by atoms with Gasteiger partial charge in [-0.25, -0.2) is 28.6 Å². The molecule has 24 nitrogen and oxygen atoms in total. The maximum absolute atomic E-state index is 12.7. The molecule has 28 heteroatoms. The fourth-order valence-corrected chi connectivity index (χ4v) is 8.31. The van der Waals surface area contributed by atoms with Gasteiger partial charge in [-0.3, -0.25) is 32.5 Å².